The normalized spacial score (nSPS) is 11.1. The van der Waals surface area contributed by atoms with Crippen LogP contribution in [0.3, 0.4) is 0 Å². The van der Waals surface area contributed by atoms with Crippen LogP contribution in [0.2, 0.25) is 0 Å². The maximum atomic E-state index is 13.4. The lowest BCUT2D eigenvalue weighted by atomic mass is 10.0. The number of likely N-dealkylation sites (N-methyl/N-ethyl adjacent to an activating group) is 1. The van der Waals surface area contributed by atoms with Gasteiger partial charge in [-0.2, -0.15) is 0 Å². The molecule has 0 saturated heterocycles. The van der Waals surface area contributed by atoms with Crippen LogP contribution in [0, 0.1) is 0 Å². The molecule has 4 aromatic carbocycles. The third-order valence-corrected chi connectivity index (χ3v) is 5.32. The van der Waals surface area contributed by atoms with Crippen LogP contribution < -0.4 is 4.90 Å². The maximum Gasteiger partial charge on any atom is 0.209 e. The molecule has 4 rings (SSSR count). The van der Waals surface area contributed by atoms with Gasteiger partial charge in [-0.05, 0) is 23.3 Å². The van der Waals surface area contributed by atoms with Gasteiger partial charge in [0.05, 0.1) is 5.70 Å². The zero-order valence-electron chi connectivity index (χ0n) is 17.8. The zero-order chi connectivity index (χ0) is 22.3. The lowest BCUT2D eigenvalue weighted by Crippen LogP contribution is -2.24. The van der Waals surface area contributed by atoms with Crippen molar-refractivity contribution in [2.45, 2.75) is 0 Å². The van der Waals surface area contributed by atoms with Crippen LogP contribution in [0.1, 0.15) is 20.7 Å². The van der Waals surface area contributed by atoms with Crippen molar-refractivity contribution in [3.63, 3.8) is 0 Å². The fraction of sp³-hybridized carbons (Fsp3) is 0.0345. The molecule has 0 fully saturated rings. The minimum Gasteiger partial charge on any atom is -0.341 e. The number of Topliss-reactive ketones (excluding diaryl/α,β-unsaturated/α-hetero) is 1. The number of anilines is 1. The lowest BCUT2D eigenvalue weighted by Gasteiger charge is -2.22. The number of hydrogen-bond acceptors (Lipinski definition) is 3. The Morgan fingerprint density at radius 2 is 1.06 bits per heavy atom. The monoisotopic (exact) mass is 417 g/mol. The molecular weight excluding hydrogens is 394 g/mol. The Bertz CT molecular complexity index is 1230. The summed E-state index contributed by atoms with van der Waals surface area (Å²) < 4.78 is 0. The molecule has 0 aliphatic carbocycles. The molecule has 0 spiro atoms. The Labute approximate surface area is 188 Å². The van der Waals surface area contributed by atoms with Crippen LogP contribution in [-0.4, -0.2) is 18.6 Å². The number of rotatable bonds is 7. The molecule has 0 N–H and O–H groups in total. The first kappa shape index (κ1) is 21.0. The summed E-state index contributed by atoms with van der Waals surface area (Å²) in [5.41, 5.74) is 4.42. The number of nitrogens with zero attached hydrogens (tertiary/aromatic N) is 1. The third kappa shape index (κ3) is 4.73. The Kier molecular flexibility index (Phi) is 6.38. The van der Waals surface area contributed by atoms with Gasteiger partial charge >= 0.3 is 0 Å². The molecule has 0 aliphatic heterocycles. The van der Waals surface area contributed by atoms with Gasteiger partial charge in [-0.1, -0.05) is 103 Å². The highest BCUT2D eigenvalue weighted by molar-refractivity contribution is 6.16. The van der Waals surface area contributed by atoms with E-state index in [1.54, 1.807) is 29.2 Å². The minimum absolute atomic E-state index is 0.204. The largest absolute Gasteiger partial charge is 0.341 e. The van der Waals surface area contributed by atoms with Gasteiger partial charge in [-0.25, -0.2) is 0 Å². The molecule has 0 saturated carbocycles. The number of hydrogen-bond donors (Lipinski definition) is 0. The highest BCUT2D eigenvalue weighted by Crippen LogP contribution is 2.25. The second-order valence-electron chi connectivity index (χ2n) is 7.43. The fourth-order valence-electron chi connectivity index (χ4n) is 3.51. The smallest absolute Gasteiger partial charge is 0.209 e. The van der Waals surface area contributed by atoms with Crippen LogP contribution in [0.4, 0.5) is 5.69 Å². The van der Waals surface area contributed by atoms with E-state index in [0.29, 0.717) is 16.8 Å². The van der Waals surface area contributed by atoms with Gasteiger partial charge in [-0.15, -0.1) is 0 Å². The average molecular weight is 418 g/mol. The zero-order valence-corrected chi connectivity index (χ0v) is 17.8. The molecule has 0 aliphatic rings. The molecule has 3 nitrogen and oxygen atoms in total. The van der Waals surface area contributed by atoms with Crippen molar-refractivity contribution in [1.29, 1.82) is 0 Å². The minimum atomic E-state index is -0.211. The van der Waals surface area contributed by atoms with Gasteiger partial charge in [0, 0.05) is 29.9 Å². The van der Waals surface area contributed by atoms with Crippen LogP contribution in [0.25, 0.3) is 11.1 Å². The van der Waals surface area contributed by atoms with Crippen molar-refractivity contribution in [3.05, 3.63) is 138 Å². The molecule has 0 unspecified atom stereocenters. The number of carbonyl (C=O) groups excluding carboxylic acids is 2. The van der Waals surface area contributed by atoms with Crippen LogP contribution in [0.5, 0.6) is 0 Å². The molecule has 0 radical (unpaired) electrons. The van der Waals surface area contributed by atoms with E-state index < -0.39 is 0 Å². The molecule has 0 amide bonds. The predicted octanol–water partition coefficient (Wildman–Crippen LogP) is 6.44. The Morgan fingerprint density at radius 1 is 0.594 bits per heavy atom. The highest BCUT2D eigenvalue weighted by Gasteiger charge is 2.20. The van der Waals surface area contributed by atoms with Gasteiger partial charge in [0.2, 0.25) is 5.78 Å². The molecule has 32 heavy (non-hydrogen) atoms. The Morgan fingerprint density at radius 3 is 1.62 bits per heavy atom. The molecular formula is C29H23NO2. The molecule has 156 valence electrons. The van der Waals surface area contributed by atoms with E-state index in [2.05, 4.69) is 12.1 Å². The summed E-state index contributed by atoms with van der Waals surface area (Å²) >= 11 is 0. The van der Waals surface area contributed by atoms with Crippen LogP contribution >= 0.6 is 0 Å². The Hall–Kier alpha value is -4.24. The first-order valence-corrected chi connectivity index (χ1v) is 10.4. The van der Waals surface area contributed by atoms with Gasteiger partial charge in [0.15, 0.2) is 5.78 Å². The van der Waals surface area contributed by atoms with Crippen molar-refractivity contribution < 1.29 is 9.59 Å². The number of allylic oxidation sites excluding steroid dienone is 2. The summed E-state index contributed by atoms with van der Waals surface area (Å²) in [4.78, 5) is 28.0. The summed E-state index contributed by atoms with van der Waals surface area (Å²) in [6.07, 6.45) is 1.43. The second-order valence-corrected chi connectivity index (χ2v) is 7.43. The van der Waals surface area contributed by atoms with Crippen molar-refractivity contribution >= 4 is 17.3 Å². The fourth-order valence-corrected chi connectivity index (χ4v) is 3.51. The van der Waals surface area contributed by atoms with E-state index in [1.807, 2.05) is 85.9 Å². The van der Waals surface area contributed by atoms with E-state index >= 15 is 0 Å². The second kappa shape index (κ2) is 9.71. The topological polar surface area (TPSA) is 37.4 Å². The summed E-state index contributed by atoms with van der Waals surface area (Å²) in [6, 6.07) is 36.1. The standard InChI is InChI=1S/C29H23NO2/c1-30(26-19-17-23(18-20-26)22-11-5-2-6-12-22)27(29(32)25-15-9-4-10-16-25)21-28(31)24-13-7-3-8-14-24/h2-21H,1H3/b27-21+. The van der Waals surface area contributed by atoms with E-state index in [4.69, 9.17) is 0 Å². The molecule has 0 bridgehead atoms. The average Bonchev–Trinajstić information content (AvgIpc) is 2.88. The van der Waals surface area contributed by atoms with E-state index in [1.165, 1.54) is 6.08 Å². The molecule has 0 aromatic heterocycles. The summed E-state index contributed by atoms with van der Waals surface area (Å²) in [6.45, 7) is 0. The number of ketones is 2. The van der Waals surface area contributed by atoms with E-state index in [-0.39, 0.29) is 11.6 Å². The quantitative estimate of drug-likeness (QED) is 0.256. The summed E-state index contributed by atoms with van der Waals surface area (Å²) in [5, 5.41) is 0. The van der Waals surface area contributed by atoms with E-state index in [0.717, 1.165) is 16.8 Å². The lowest BCUT2D eigenvalue weighted by molar-refractivity contribution is 0.101. The van der Waals surface area contributed by atoms with E-state index in [9.17, 15) is 9.59 Å². The predicted molar refractivity (Wildman–Crippen MR) is 130 cm³/mol. The first-order chi connectivity index (χ1) is 15.6. The van der Waals surface area contributed by atoms with Gasteiger partial charge in [-0.3, -0.25) is 9.59 Å². The van der Waals surface area contributed by atoms with Gasteiger partial charge in [0.1, 0.15) is 0 Å². The molecule has 3 heteroatoms. The van der Waals surface area contributed by atoms with Crippen LogP contribution in [-0.2, 0) is 0 Å². The van der Waals surface area contributed by atoms with Crippen molar-refractivity contribution in [1.82, 2.24) is 0 Å². The maximum absolute atomic E-state index is 13.4. The number of carbonyl (C=O) groups is 2. The van der Waals surface area contributed by atoms with Crippen molar-refractivity contribution in [3.8, 4) is 11.1 Å². The summed E-state index contributed by atoms with van der Waals surface area (Å²) in [5.74, 6) is -0.415. The first-order valence-electron chi connectivity index (χ1n) is 10.4. The molecule has 4 aromatic rings. The highest BCUT2D eigenvalue weighted by atomic mass is 16.1. The summed E-state index contributed by atoms with van der Waals surface area (Å²) in [7, 11) is 1.81. The SMILES string of the molecule is CN(/C(=C/C(=O)c1ccccc1)C(=O)c1ccccc1)c1ccc(-c2ccccc2)cc1. The van der Waals surface area contributed by atoms with Crippen LogP contribution in [0.15, 0.2) is 127 Å². The third-order valence-electron chi connectivity index (χ3n) is 5.32. The molecule has 0 heterocycles. The van der Waals surface area contributed by atoms with Crippen molar-refractivity contribution in [2.24, 2.45) is 0 Å². The number of benzene rings is 4. The van der Waals surface area contributed by atoms with Gasteiger partial charge < -0.3 is 4.90 Å². The molecule has 0 atom stereocenters. The van der Waals surface area contributed by atoms with Crippen molar-refractivity contribution in [2.75, 3.05) is 11.9 Å². The Balaban J connectivity index is 1.70. The van der Waals surface area contributed by atoms with Gasteiger partial charge in [0.25, 0.3) is 0 Å².